The number of hydrogen-bond acceptors (Lipinski definition) is 12. The highest BCUT2D eigenvalue weighted by molar-refractivity contribution is 6.01. The lowest BCUT2D eigenvalue weighted by atomic mass is 10.2. The molecule has 2 aromatic carbocycles. The lowest BCUT2D eigenvalue weighted by Gasteiger charge is -2.12. The molecule has 0 spiro atoms. The number of hydrogen-bond donors (Lipinski definition) is 4. The monoisotopic (exact) mass is 589 g/mol. The van der Waals surface area contributed by atoms with Crippen LogP contribution in [0.3, 0.4) is 0 Å². The first-order valence-electron chi connectivity index (χ1n) is 13.3. The van der Waals surface area contributed by atoms with Crippen LogP contribution < -0.4 is 21.7 Å². The molecule has 224 valence electrons. The largest absolute Gasteiger partial charge is 0.465 e. The molecule has 0 bridgehead atoms. The van der Waals surface area contributed by atoms with Crippen LogP contribution in [-0.2, 0) is 38.8 Å². The van der Waals surface area contributed by atoms with Crippen LogP contribution in [0.2, 0.25) is 0 Å². The van der Waals surface area contributed by atoms with Crippen LogP contribution in [0.1, 0.15) is 18.1 Å². The van der Waals surface area contributed by atoms with Gasteiger partial charge in [-0.15, -0.1) is 0 Å². The maximum atomic E-state index is 12.4. The molecule has 2 aromatic heterocycles. The van der Waals surface area contributed by atoms with Gasteiger partial charge in [-0.1, -0.05) is 60.7 Å². The van der Waals surface area contributed by atoms with Gasteiger partial charge in [0.25, 0.3) is 0 Å². The van der Waals surface area contributed by atoms with E-state index in [-0.39, 0.29) is 57.2 Å². The fourth-order valence-electron chi connectivity index (χ4n) is 3.66. The van der Waals surface area contributed by atoms with Gasteiger partial charge in [0.05, 0.1) is 19.5 Å². The van der Waals surface area contributed by atoms with Gasteiger partial charge in [0.1, 0.15) is 25.3 Å². The number of ether oxygens (including phenoxy) is 3. The first-order valence-corrected chi connectivity index (χ1v) is 13.3. The van der Waals surface area contributed by atoms with E-state index in [0.29, 0.717) is 11.2 Å². The fourth-order valence-corrected chi connectivity index (χ4v) is 3.66. The zero-order valence-corrected chi connectivity index (χ0v) is 23.4. The Morgan fingerprint density at radius 1 is 0.884 bits per heavy atom. The predicted molar refractivity (Wildman–Crippen MR) is 157 cm³/mol. The number of carbonyl (C=O) groups is 3. The molecule has 43 heavy (non-hydrogen) atoms. The van der Waals surface area contributed by atoms with Crippen LogP contribution >= 0.6 is 0 Å². The van der Waals surface area contributed by atoms with Gasteiger partial charge >= 0.3 is 18.2 Å². The number of nitrogens with one attached hydrogen (secondary N) is 3. The second kappa shape index (κ2) is 15.3. The Labute approximate surface area is 246 Å². The second-order valence-corrected chi connectivity index (χ2v) is 8.81. The molecule has 2 heterocycles. The van der Waals surface area contributed by atoms with E-state index >= 15 is 0 Å². The van der Waals surface area contributed by atoms with E-state index in [1.54, 1.807) is 6.92 Å². The van der Waals surface area contributed by atoms with Crippen molar-refractivity contribution in [2.45, 2.75) is 26.7 Å². The van der Waals surface area contributed by atoms with E-state index in [1.807, 2.05) is 60.7 Å². The molecule has 0 saturated heterocycles. The van der Waals surface area contributed by atoms with E-state index in [0.717, 1.165) is 11.1 Å². The van der Waals surface area contributed by atoms with Crippen LogP contribution in [0.5, 0.6) is 0 Å². The van der Waals surface area contributed by atoms with Crippen LogP contribution in [0.15, 0.2) is 72.0 Å². The lowest BCUT2D eigenvalue weighted by Crippen LogP contribution is -2.44. The van der Waals surface area contributed by atoms with E-state index in [9.17, 15) is 14.4 Å². The molecule has 2 amide bonds. The number of amides is 2. The summed E-state index contributed by atoms with van der Waals surface area (Å²) in [5.41, 5.74) is 8.29. The van der Waals surface area contributed by atoms with Crippen molar-refractivity contribution in [3.63, 3.8) is 0 Å². The van der Waals surface area contributed by atoms with Gasteiger partial charge in [0, 0.05) is 6.54 Å². The molecule has 4 aromatic rings. The highest BCUT2D eigenvalue weighted by atomic mass is 16.6. The summed E-state index contributed by atoms with van der Waals surface area (Å²) in [7, 11) is 0. The number of aliphatic imine (C=N–C) groups is 1. The SMILES string of the molecule is CCOC(=O)Cn1cnc2c(N)nc(NCCN=C(NC(=O)OCc3ccccc3)NC(=O)OCc3ccccc3)nc21. The normalized spacial score (nSPS) is 10.4. The Hall–Kier alpha value is -5.73. The molecule has 0 saturated carbocycles. The average Bonchev–Trinajstić information content (AvgIpc) is 3.41. The van der Waals surface area contributed by atoms with E-state index in [2.05, 4.69) is 35.9 Å². The Kier molecular flexibility index (Phi) is 10.8. The van der Waals surface area contributed by atoms with Crippen LogP contribution in [0.25, 0.3) is 11.2 Å². The highest BCUT2D eigenvalue weighted by Crippen LogP contribution is 2.18. The van der Waals surface area contributed by atoms with Crippen LogP contribution in [0.4, 0.5) is 21.4 Å². The van der Waals surface area contributed by atoms with E-state index in [1.165, 1.54) is 10.9 Å². The van der Waals surface area contributed by atoms with Crippen LogP contribution in [0, 0.1) is 0 Å². The first-order chi connectivity index (χ1) is 20.9. The third kappa shape index (κ3) is 9.41. The second-order valence-electron chi connectivity index (χ2n) is 8.81. The number of guanidine groups is 1. The maximum Gasteiger partial charge on any atom is 0.414 e. The Morgan fingerprint density at radius 3 is 2.07 bits per heavy atom. The van der Waals surface area contributed by atoms with Gasteiger partial charge in [-0.2, -0.15) is 9.97 Å². The zero-order chi connectivity index (χ0) is 30.4. The van der Waals surface area contributed by atoms with Crippen molar-refractivity contribution in [3.05, 3.63) is 78.1 Å². The molecule has 0 aliphatic heterocycles. The summed E-state index contributed by atoms with van der Waals surface area (Å²) in [6, 6.07) is 18.2. The third-order valence-corrected chi connectivity index (χ3v) is 5.63. The lowest BCUT2D eigenvalue weighted by molar-refractivity contribution is -0.143. The number of aromatic nitrogens is 4. The van der Waals surface area contributed by atoms with Crippen molar-refractivity contribution in [1.29, 1.82) is 0 Å². The Morgan fingerprint density at radius 2 is 1.49 bits per heavy atom. The molecule has 15 heteroatoms. The van der Waals surface area contributed by atoms with Crippen molar-refractivity contribution in [2.24, 2.45) is 4.99 Å². The van der Waals surface area contributed by atoms with Gasteiger partial charge < -0.3 is 29.8 Å². The smallest absolute Gasteiger partial charge is 0.414 e. The molecular formula is C28H31N9O6. The molecule has 0 aliphatic rings. The summed E-state index contributed by atoms with van der Waals surface area (Å²) in [5.74, 6) is -0.343. The number of alkyl carbamates (subject to hydrolysis) is 2. The number of imidazole rings is 1. The number of anilines is 2. The van der Waals surface area contributed by atoms with Gasteiger partial charge in [0.15, 0.2) is 11.5 Å². The number of benzene rings is 2. The molecule has 0 atom stereocenters. The van der Waals surface area contributed by atoms with Gasteiger partial charge in [-0.3, -0.25) is 20.4 Å². The summed E-state index contributed by atoms with van der Waals surface area (Å²) in [5, 5.41) is 7.82. The number of nitrogens with two attached hydrogens (primary N) is 1. The summed E-state index contributed by atoms with van der Waals surface area (Å²) in [6.07, 6.45) is -0.219. The number of esters is 1. The van der Waals surface area contributed by atoms with Crippen molar-refractivity contribution < 1.29 is 28.6 Å². The van der Waals surface area contributed by atoms with E-state index in [4.69, 9.17) is 19.9 Å². The minimum absolute atomic E-state index is 0.0218. The van der Waals surface area contributed by atoms with E-state index < -0.39 is 18.2 Å². The number of nitrogen functional groups attached to an aromatic ring is 1. The molecule has 15 nitrogen and oxygen atoms in total. The number of fused-ring (bicyclic) bond motifs is 1. The highest BCUT2D eigenvalue weighted by Gasteiger charge is 2.15. The van der Waals surface area contributed by atoms with Crippen molar-refractivity contribution >= 4 is 47.0 Å². The zero-order valence-electron chi connectivity index (χ0n) is 23.4. The molecule has 0 fully saturated rings. The fraction of sp³-hybridized carbons (Fsp3) is 0.250. The van der Waals surface area contributed by atoms with Crippen molar-refractivity contribution in [1.82, 2.24) is 30.2 Å². The van der Waals surface area contributed by atoms with Crippen molar-refractivity contribution in [2.75, 3.05) is 30.7 Å². The molecule has 0 unspecified atom stereocenters. The molecule has 5 N–H and O–H groups in total. The molecule has 4 rings (SSSR count). The van der Waals surface area contributed by atoms with Gasteiger partial charge in [-0.05, 0) is 18.1 Å². The summed E-state index contributed by atoms with van der Waals surface area (Å²) < 4.78 is 17.0. The summed E-state index contributed by atoms with van der Waals surface area (Å²) in [6.45, 7) is 2.16. The number of carbonyl (C=O) groups excluding carboxylic acids is 3. The minimum atomic E-state index is -0.824. The number of nitrogens with zero attached hydrogens (tertiary/aromatic N) is 5. The maximum absolute atomic E-state index is 12.4. The molecule has 0 aliphatic carbocycles. The Balaban J connectivity index is 1.37. The topological polar surface area (TPSA) is 197 Å². The standard InChI is InChI=1S/C28H31N9O6/c1-2-41-21(38)15-37-18-32-22-23(29)33-25(34-24(22)37)30-13-14-31-26(35-27(39)42-16-19-9-5-3-6-10-19)36-28(40)43-17-20-11-7-4-8-12-20/h3-12,18H,2,13-17H2,1H3,(H3,29,30,33,34)(H2,31,35,36,39,40). The predicted octanol–water partition coefficient (Wildman–Crippen LogP) is 2.59. The van der Waals surface area contributed by atoms with Crippen LogP contribution in [-0.4, -0.2) is 63.3 Å². The average molecular weight is 590 g/mol. The quantitative estimate of drug-likeness (QED) is 0.0659. The molecule has 0 radical (unpaired) electrons. The minimum Gasteiger partial charge on any atom is -0.465 e. The first kappa shape index (κ1) is 30.2. The summed E-state index contributed by atoms with van der Waals surface area (Å²) >= 11 is 0. The molecular weight excluding hydrogens is 558 g/mol. The van der Waals surface area contributed by atoms with Crippen molar-refractivity contribution in [3.8, 4) is 0 Å². The summed E-state index contributed by atoms with van der Waals surface area (Å²) in [4.78, 5) is 53.8. The van der Waals surface area contributed by atoms with Gasteiger partial charge in [0.2, 0.25) is 11.9 Å². The number of rotatable bonds is 11. The Bertz CT molecular complexity index is 1500. The third-order valence-electron chi connectivity index (χ3n) is 5.63. The van der Waals surface area contributed by atoms with Gasteiger partial charge in [-0.25, -0.2) is 14.6 Å².